The standard InChI is InChI=1S/C78H102F3N15O11S/c1-49-69(108-48-85-49)53-16-17-54(64(39-53)107-37-36-104-32-30-92(7)44-50-14-22-57(23-15-50)96-45-55-38-62(59(77(5,6)103)41-61(55)91-96)88-73(100)60-12-11-13-65(87-60)78(79,80)81)42-84-74(101)63-40-58(97)46-95(63)75(102)70(76(2,3)4)90-67(98)47-106-35-34-105-33-31-93-28-24-52(25-29-93)51-18-20-56(21-19-51)86-72-68(71(82)99)83-43-66(89-72)94-26-9-8-10-27-94/h11-13,16-21,38-39,41,43,45,48,50,52,57-58,63,70,97,103H,8-10,14-15,22-37,40,42,44,46-47H2,1-7H3,(H2,82,99)(H,84,101)(H,86,89)(H,88,100)(H,90,98)/t50?,57?,58-,63+,70-/m1/s1. The first-order valence-electron chi connectivity index (χ1n) is 37.4. The van der Waals surface area contributed by atoms with Crippen molar-refractivity contribution >= 4 is 74.8 Å². The van der Waals surface area contributed by atoms with E-state index in [2.05, 4.69) is 70.1 Å². The Kier molecular flexibility index (Phi) is 26.9. The number of aliphatic hydroxyl groups is 2. The van der Waals surface area contributed by atoms with E-state index in [-0.39, 0.29) is 63.4 Å². The van der Waals surface area contributed by atoms with Gasteiger partial charge in [-0.15, -0.1) is 11.3 Å². The van der Waals surface area contributed by atoms with Gasteiger partial charge in [0, 0.05) is 86.3 Å². The number of nitrogens with one attached hydrogen (secondary N) is 4. The molecule has 4 aliphatic rings. The van der Waals surface area contributed by atoms with Crippen molar-refractivity contribution in [3.8, 4) is 16.2 Å². The van der Waals surface area contributed by atoms with Gasteiger partial charge in [-0.25, -0.2) is 19.9 Å². The summed E-state index contributed by atoms with van der Waals surface area (Å²) in [5, 5.41) is 39.4. The van der Waals surface area contributed by atoms with E-state index < -0.39 is 76.3 Å². The van der Waals surface area contributed by atoms with Crippen molar-refractivity contribution in [2.75, 3.05) is 121 Å². The van der Waals surface area contributed by atoms with Crippen molar-refractivity contribution in [2.24, 2.45) is 17.1 Å². The zero-order valence-electron chi connectivity index (χ0n) is 62.7. The van der Waals surface area contributed by atoms with E-state index >= 15 is 0 Å². The van der Waals surface area contributed by atoms with Crippen molar-refractivity contribution in [2.45, 2.75) is 154 Å². The second-order valence-corrected chi connectivity index (χ2v) is 31.2. The second-order valence-electron chi connectivity index (χ2n) is 30.3. The Morgan fingerprint density at radius 2 is 1.56 bits per heavy atom. The molecular weight excluding hydrogens is 1410 g/mol. The Labute approximate surface area is 632 Å². The lowest BCUT2D eigenvalue weighted by Gasteiger charge is -2.35. The summed E-state index contributed by atoms with van der Waals surface area (Å²) >= 11 is 1.51. The van der Waals surface area contributed by atoms with Crippen LogP contribution in [0.1, 0.15) is 160 Å². The number of hydrogen-bond acceptors (Lipinski definition) is 21. The molecule has 3 saturated heterocycles. The van der Waals surface area contributed by atoms with Crippen LogP contribution >= 0.6 is 11.3 Å². The number of primary amides is 1. The zero-order valence-corrected chi connectivity index (χ0v) is 63.5. The first-order chi connectivity index (χ1) is 51.6. The molecule has 5 amide bonds. The van der Waals surface area contributed by atoms with Gasteiger partial charge in [-0.3, -0.25) is 28.7 Å². The van der Waals surface area contributed by atoms with Crippen LogP contribution in [0.5, 0.6) is 5.75 Å². The topological polar surface area (TPSA) is 319 Å². The fourth-order valence-corrected chi connectivity index (χ4v) is 15.4. The number of pyridine rings is 1. The number of carbonyl (C=O) groups is 5. The monoisotopic (exact) mass is 1510 g/mol. The zero-order chi connectivity index (χ0) is 76.9. The van der Waals surface area contributed by atoms with Gasteiger partial charge < -0.3 is 75.8 Å². The summed E-state index contributed by atoms with van der Waals surface area (Å²) in [6.45, 7) is 18.1. The van der Waals surface area contributed by atoms with E-state index in [1.165, 1.54) is 34.3 Å². The highest BCUT2D eigenvalue weighted by molar-refractivity contribution is 7.13. The quantitative estimate of drug-likeness (QED) is 0.0193. The molecule has 4 fully saturated rings. The molecule has 7 heterocycles. The SMILES string of the molecule is Cc1ncsc1-c1ccc(CNC(=O)[C@@H]2C[C@@H](O)CN2C(=O)[C@@H](NC(=O)COCCOCCN2CCC(c3ccc(Nc4nc(N5CCCCC5)cnc4C(N)=O)cc3)CC2)C(C)(C)C)c(OCCOCCN(C)CC2CCC(n3cc4cc(NC(=O)c5cccc(C(F)(F)F)n5)c(C(C)(C)O)cc4n3)CC2)c1. The number of amides is 5. The highest BCUT2D eigenvalue weighted by Gasteiger charge is 2.45. The number of rotatable bonds is 32. The molecule has 1 saturated carbocycles. The maximum absolute atomic E-state index is 14.5. The normalized spacial score (nSPS) is 18.7. The number of alkyl halides is 3. The second kappa shape index (κ2) is 36.2. The smallest absolute Gasteiger partial charge is 0.433 e. The molecule has 3 aromatic carbocycles. The third kappa shape index (κ3) is 21.4. The van der Waals surface area contributed by atoms with E-state index in [1.54, 1.807) is 37.7 Å². The average molecular weight is 1510 g/mol. The van der Waals surface area contributed by atoms with Crippen LogP contribution in [0.25, 0.3) is 21.3 Å². The summed E-state index contributed by atoms with van der Waals surface area (Å²) in [5.41, 5.74) is 9.47. The Hall–Kier alpha value is -8.75. The van der Waals surface area contributed by atoms with E-state index in [4.69, 9.17) is 34.8 Å². The van der Waals surface area contributed by atoms with Gasteiger partial charge in [-0.1, -0.05) is 51.1 Å². The van der Waals surface area contributed by atoms with Crippen LogP contribution < -0.4 is 36.6 Å². The number of anilines is 4. The highest BCUT2D eigenvalue weighted by atomic mass is 32.1. The summed E-state index contributed by atoms with van der Waals surface area (Å²) in [6, 6.07) is 18.6. The number of likely N-dealkylation sites (tertiary alicyclic amines) is 2. The lowest BCUT2D eigenvalue weighted by Crippen LogP contribution is -2.58. The predicted molar refractivity (Wildman–Crippen MR) is 405 cm³/mol. The Morgan fingerprint density at radius 1 is 0.824 bits per heavy atom. The first-order valence-corrected chi connectivity index (χ1v) is 38.3. The number of carbonyl (C=O) groups excluding carboxylic acids is 5. The Balaban J connectivity index is 0.584. The molecule has 3 aliphatic heterocycles. The molecule has 0 radical (unpaired) electrons. The number of ether oxygens (including phenoxy) is 4. The van der Waals surface area contributed by atoms with Gasteiger partial charge in [-0.2, -0.15) is 18.3 Å². The fourth-order valence-electron chi connectivity index (χ4n) is 14.6. The number of thiazole rings is 1. The molecule has 108 heavy (non-hydrogen) atoms. The number of nitrogens with zero attached hydrogens (tertiary/aromatic N) is 10. The first kappa shape index (κ1) is 80.3. The number of piperidine rings is 2. The van der Waals surface area contributed by atoms with Gasteiger partial charge in [0.15, 0.2) is 11.5 Å². The number of hydrogen-bond donors (Lipinski definition) is 7. The van der Waals surface area contributed by atoms with Crippen molar-refractivity contribution in [1.29, 1.82) is 0 Å². The number of aliphatic hydroxyl groups excluding tert-OH is 1. The fraction of sp³-hybridized carbons (Fsp3) is 0.538. The molecule has 4 aromatic heterocycles. The molecule has 8 N–H and O–H groups in total. The van der Waals surface area contributed by atoms with Crippen LogP contribution in [0.15, 0.2) is 90.7 Å². The molecule has 26 nitrogen and oxygen atoms in total. The number of β-amino-alcohol motifs (C(OH)–C–C–N with tert-alkyl or cyclic N) is 1. The lowest BCUT2D eigenvalue weighted by atomic mass is 9.85. The number of nitrogens with two attached hydrogens (primary N) is 1. The highest BCUT2D eigenvalue weighted by Crippen LogP contribution is 2.39. The van der Waals surface area contributed by atoms with Gasteiger partial charge >= 0.3 is 6.18 Å². The molecule has 30 heteroatoms. The predicted octanol–water partition coefficient (Wildman–Crippen LogP) is 9.76. The largest absolute Gasteiger partial charge is 0.491 e. The van der Waals surface area contributed by atoms with Gasteiger partial charge in [0.05, 0.1) is 78.6 Å². The molecule has 7 aromatic rings. The average Bonchev–Trinajstić information content (AvgIpc) is 1.59. The van der Waals surface area contributed by atoms with Crippen molar-refractivity contribution < 1.29 is 66.3 Å². The molecule has 582 valence electrons. The third-order valence-electron chi connectivity index (χ3n) is 20.6. The van der Waals surface area contributed by atoms with Crippen LogP contribution in [0.4, 0.5) is 36.2 Å². The van der Waals surface area contributed by atoms with E-state index in [0.29, 0.717) is 71.8 Å². The van der Waals surface area contributed by atoms with Crippen LogP contribution in [-0.4, -0.2) is 208 Å². The number of likely N-dealkylation sites (N-methyl/N-ethyl adjacent to an activating group) is 1. The molecule has 11 rings (SSSR count). The van der Waals surface area contributed by atoms with E-state index in [1.807, 2.05) is 68.9 Å². The van der Waals surface area contributed by atoms with Crippen LogP contribution in [0.2, 0.25) is 0 Å². The van der Waals surface area contributed by atoms with Gasteiger partial charge in [0.2, 0.25) is 17.7 Å². The van der Waals surface area contributed by atoms with E-state index in [9.17, 15) is 47.4 Å². The molecule has 3 atom stereocenters. The number of benzene rings is 3. The number of halogens is 3. The maximum Gasteiger partial charge on any atom is 0.433 e. The van der Waals surface area contributed by atoms with Crippen molar-refractivity contribution in [3.63, 3.8) is 0 Å². The van der Waals surface area contributed by atoms with Gasteiger partial charge in [0.25, 0.3) is 11.8 Å². The molecule has 1 aliphatic carbocycles. The summed E-state index contributed by atoms with van der Waals surface area (Å²) in [4.78, 5) is 93.8. The molecule has 0 bridgehead atoms. The number of fused-ring (bicyclic) bond motifs is 1. The van der Waals surface area contributed by atoms with Gasteiger partial charge in [-0.05, 0) is 170 Å². The summed E-state index contributed by atoms with van der Waals surface area (Å²) in [7, 11) is 2.07. The number of aromatic nitrogens is 6. The van der Waals surface area contributed by atoms with Crippen molar-refractivity contribution in [1.82, 2.24) is 55.0 Å². The van der Waals surface area contributed by atoms with Gasteiger partial charge in [0.1, 0.15) is 48.3 Å². The van der Waals surface area contributed by atoms with Crippen molar-refractivity contribution in [3.05, 3.63) is 130 Å². The summed E-state index contributed by atoms with van der Waals surface area (Å²) in [6.07, 6.45) is 6.91. The third-order valence-corrected chi connectivity index (χ3v) is 21.6. The summed E-state index contributed by atoms with van der Waals surface area (Å²) < 4.78 is 66.2. The molecule has 0 spiro atoms. The minimum absolute atomic E-state index is 0.0120. The summed E-state index contributed by atoms with van der Waals surface area (Å²) in [5.74, 6) is -0.471. The maximum atomic E-state index is 14.5. The lowest BCUT2D eigenvalue weighted by molar-refractivity contribution is -0.144. The minimum Gasteiger partial charge on any atom is -0.491 e. The minimum atomic E-state index is -4.72. The van der Waals surface area contributed by atoms with Crippen LogP contribution in [-0.2, 0) is 46.9 Å². The van der Waals surface area contributed by atoms with Crippen LogP contribution in [0.3, 0.4) is 0 Å². The Morgan fingerprint density at radius 3 is 2.26 bits per heavy atom. The number of aryl methyl sites for hydroxylation is 1. The Bertz CT molecular complexity index is 4220. The molecule has 0 unspecified atom stereocenters. The van der Waals surface area contributed by atoms with Crippen LogP contribution in [0, 0.1) is 18.3 Å². The van der Waals surface area contributed by atoms with E-state index in [0.717, 1.165) is 130 Å². The molecular formula is C78H102F3N15O11S.